The predicted molar refractivity (Wildman–Crippen MR) is 80.8 cm³/mol. The van der Waals surface area contributed by atoms with E-state index in [0.717, 1.165) is 17.7 Å². The number of carbonyl (C=O) groups is 1. The molecule has 1 aromatic carbocycles. The zero-order valence-corrected chi connectivity index (χ0v) is 12.2. The van der Waals surface area contributed by atoms with E-state index in [1.165, 1.54) is 10.7 Å². The Morgan fingerprint density at radius 2 is 1.95 bits per heavy atom. The maximum atomic E-state index is 12.0. The van der Waals surface area contributed by atoms with Crippen molar-refractivity contribution in [3.05, 3.63) is 46.2 Å². The van der Waals surface area contributed by atoms with Crippen molar-refractivity contribution in [2.24, 2.45) is 0 Å². The monoisotopic (exact) mass is 286 g/mol. The van der Waals surface area contributed by atoms with Crippen LogP contribution in [0.1, 0.15) is 30.6 Å². The molecule has 0 unspecified atom stereocenters. The third-order valence-electron chi connectivity index (χ3n) is 3.03. The number of nitrogens with zero attached hydrogens (tertiary/aromatic N) is 2. The molecular formula is C16H18N2O3. The van der Waals surface area contributed by atoms with Gasteiger partial charge in [0, 0.05) is 12.1 Å². The van der Waals surface area contributed by atoms with Crippen LogP contribution in [0.4, 0.5) is 0 Å². The minimum Gasteiger partial charge on any atom is -0.494 e. The van der Waals surface area contributed by atoms with E-state index in [0.29, 0.717) is 25.1 Å². The largest absolute Gasteiger partial charge is 0.494 e. The van der Waals surface area contributed by atoms with E-state index in [-0.39, 0.29) is 11.1 Å². The first kappa shape index (κ1) is 15.0. The average molecular weight is 286 g/mol. The van der Waals surface area contributed by atoms with Gasteiger partial charge >= 0.3 is 0 Å². The summed E-state index contributed by atoms with van der Waals surface area (Å²) in [5, 5.41) is 4.32. The smallest absolute Gasteiger partial charge is 0.277 e. The van der Waals surface area contributed by atoms with Crippen molar-refractivity contribution in [3.63, 3.8) is 0 Å². The normalized spacial score (nSPS) is 10.4. The Morgan fingerprint density at radius 1 is 1.24 bits per heavy atom. The lowest BCUT2D eigenvalue weighted by Crippen LogP contribution is -2.26. The Hall–Kier alpha value is -2.43. The fraction of sp³-hybridized carbons (Fsp3) is 0.312. The summed E-state index contributed by atoms with van der Waals surface area (Å²) in [5.41, 5.74) is 1.23. The zero-order valence-electron chi connectivity index (χ0n) is 12.2. The second-order valence-electron chi connectivity index (χ2n) is 4.59. The summed E-state index contributed by atoms with van der Waals surface area (Å²) >= 11 is 0. The summed E-state index contributed by atoms with van der Waals surface area (Å²) in [5.74, 6) is 0.777. The molecular weight excluding hydrogens is 268 g/mol. The summed E-state index contributed by atoms with van der Waals surface area (Å²) in [7, 11) is 0. The molecule has 0 spiro atoms. The highest BCUT2D eigenvalue weighted by Gasteiger charge is 2.09. The first-order valence-electron chi connectivity index (χ1n) is 7.00. The van der Waals surface area contributed by atoms with Crippen LogP contribution in [0.3, 0.4) is 0 Å². The lowest BCUT2D eigenvalue weighted by atomic mass is 10.1. The van der Waals surface area contributed by atoms with Crippen molar-refractivity contribution in [1.29, 1.82) is 0 Å². The molecule has 0 aliphatic heterocycles. The topological polar surface area (TPSA) is 61.2 Å². The van der Waals surface area contributed by atoms with Gasteiger partial charge in [-0.25, -0.2) is 4.68 Å². The Balaban J connectivity index is 2.45. The lowest BCUT2D eigenvalue weighted by Gasteiger charge is -2.08. The number of aldehydes is 1. The molecule has 0 amide bonds. The Morgan fingerprint density at radius 3 is 2.52 bits per heavy atom. The predicted octanol–water partition coefficient (Wildman–Crippen LogP) is 2.53. The molecule has 2 rings (SSSR count). The highest BCUT2D eigenvalue weighted by Crippen LogP contribution is 2.20. The van der Waals surface area contributed by atoms with E-state index >= 15 is 0 Å². The Labute approximate surface area is 123 Å². The molecule has 0 fully saturated rings. The first-order valence-corrected chi connectivity index (χ1v) is 7.00. The summed E-state index contributed by atoms with van der Waals surface area (Å²) in [4.78, 5) is 23.0. The van der Waals surface area contributed by atoms with E-state index in [1.807, 2.05) is 38.1 Å². The summed E-state index contributed by atoms with van der Waals surface area (Å²) in [6, 6.07) is 8.94. The van der Waals surface area contributed by atoms with Gasteiger partial charge in [-0.2, -0.15) is 5.10 Å². The van der Waals surface area contributed by atoms with Crippen molar-refractivity contribution in [1.82, 2.24) is 9.78 Å². The molecule has 0 aliphatic rings. The summed E-state index contributed by atoms with van der Waals surface area (Å²) < 4.78 is 6.73. The van der Waals surface area contributed by atoms with Crippen molar-refractivity contribution >= 4 is 6.29 Å². The lowest BCUT2D eigenvalue weighted by molar-refractivity contribution is 0.112. The molecule has 1 aromatic heterocycles. The highest BCUT2D eigenvalue weighted by molar-refractivity contribution is 5.76. The van der Waals surface area contributed by atoms with E-state index in [9.17, 15) is 9.59 Å². The van der Waals surface area contributed by atoms with Gasteiger partial charge in [-0.05, 0) is 43.7 Å². The molecule has 0 saturated heterocycles. The van der Waals surface area contributed by atoms with Gasteiger partial charge < -0.3 is 4.74 Å². The van der Waals surface area contributed by atoms with E-state index < -0.39 is 0 Å². The molecule has 1 heterocycles. The van der Waals surface area contributed by atoms with Gasteiger partial charge in [0.25, 0.3) is 5.56 Å². The number of benzene rings is 1. The third-order valence-corrected chi connectivity index (χ3v) is 3.03. The molecule has 2 aromatic rings. The molecule has 0 N–H and O–H groups in total. The van der Waals surface area contributed by atoms with Gasteiger partial charge in [-0.3, -0.25) is 9.59 Å². The van der Waals surface area contributed by atoms with E-state index in [1.54, 1.807) is 0 Å². The van der Waals surface area contributed by atoms with Gasteiger partial charge in [0.1, 0.15) is 5.75 Å². The van der Waals surface area contributed by atoms with Gasteiger partial charge in [0.05, 0.1) is 17.9 Å². The minimum atomic E-state index is -0.346. The molecule has 0 saturated carbocycles. The number of carbonyl (C=O) groups excluding carboxylic acids is 1. The third kappa shape index (κ3) is 3.37. The van der Waals surface area contributed by atoms with E-state index in [2.05, 4.69) is 5.10 Å². The second-order valence-corrected chi connectivity index (χ2v) is 4.59. The molecule has 0 radical (unpaired) electrons. The molecule has 5 nitrogen and oxygen atoms in total. The average Bonchev–Trinajstić information content (AvgIpc) is 2.51. The minimum absolute atomic E-state index is 0.127. The van der Waals surface area contributed by atoms with Crippen molar-refractivity contribution < 1.29 is 9.53 Å². The Bertz CT molecular complexity index is 675. The SMILES string of the molecule is CCCn1nc(-c2ccc(OCC)cc2)cc(C=O)c1=O. The van der Waals surface area contributed by atoms with Crippen molar-refractivity contribution in [2.45, 2.75) is 26.8 Å². The summed E-state index contributed by atoms with van der Waals surface area (Å²) in [6.07, 6.45) is 1.35. The van der Waals surface area contributed by atoms with Crippen LogP contribution in [0.15, 0.2) is 35.1 Å². The van der Waals surface area contributed by atoms with Crippen molar-refractivity contribution in [2.75, 3.05) is 6.61 Å². The fourth-order valence-corrected chi connectivity index (χ4v) is 2.04. The van der Waals surface area contributed by atoms with Crippen LogP contribution < -0.4 is 10.3 Å². The van der Waals surface area contributed by atoms with Crippen LogP contribution in [-0.4, -0.2) is 22.7 Å². The van der Waals surface area contributed by atoms with Gasteiger partial charge in [-0.1, -0.05) is 6.92 Å². The number of rotatable bonds is 6. The maximum Gasteiger partial charge on any atom is 0.277 e. The molecule has 21 heavy (non-hydrogen) atoms. The number of aromatic nitrogens is 2. The molecule has 110 valence electrons. The highest BCUT2D eigenvalue weighted by atomic mass is 16.5. The van der Waals surface area contributed by atoms with Gasteiger partial charge in [-0.15, -0.1) is 0 Å². The van der Waals surface area contributed by atoms with E-state index in [4.69, 9.17) is 4.74 Å². The quantitative estimate of drug-likeness (QED) is 0.766. The van der Waals surface area contributed by atoms with Gasteiger partial charge in [0.15, 0.2) is 6.29 Å². The Kier molecular flexibility index (Phi) is 4.87. The van der Waals surface area contributed by atoms with Crippen molar-refractivity contribution in [3.8, 4) is 17.0 Å². The second kappa shape index (κ2) is 6.83. The van der Waals surface area contributed by atoms with Crippen LogP contribution in [0.5, 0.6) is 5.75 Å². The number of hydrogen-bond donors (Lipinski definition) is 0. The maximum absolute atomic E-state index is 12.0. The standard InChI is InChI=1S/C16H18N2O3/c1-3-9-18-16(20)13(11-19)10-15(17-18)12-5-7-14(8-6-12)21-4-2/h5-8,10-11H,3-4,9H2,1-2H3. The van der Waals surface area contributed by atoms with Crippen LogP contribution in [0, 0.1) is 0 Å². The van der Waals surface area contributed by atoms with Crippen LogP contribution in [0.25, 0.3) is 11.3 Å². The first-order chi connectivity index (χ1) is 10.2. The molecule has 5 heteroatoms. The zero-order chi connectivity index (χ0) is 15.2. The number of ether oxygens (including phenoxy) is 1. The number of hydrogen-bond acceptors (Lipinski definition) is 4. The van der Waals surface area contributed by atoms with Crippen LogP contribution >= 0.6 is 0 Å². The fourth-order valence-electron chi connectivity index (χ4n) is 2.04. The van der Waals surface area contributed by atoms with Crippen LogP contribution in [-0.2, 0) is 6.54 Å². The summed E-state index contributed by atoms with van der Waals surface area (Å²) in [6.45, 7) is 4.98. The van der Waals surface area contributed by atoms with Crippen LogP contribution in [0.2, 0.25) is 0 Å². The number of aryl methyl sites for hydroxylation is 1. The van der Waals surface area contributed by atoms with Gasteiger partial charge in [0.2, 0.25) is 0 Å². The molecule has 0 bridgehead atoms. The molecule has 0 atom stereocenters. The molecule has 0 aliphatic carbocycles.